The number of methoxy groups -OCH3 is 1. The molecule has 1 unspecified atom stereocenters. The van der Waals surface area contributed by atoms with Gasteiger partial charge in [-0.2, -0.15) is 0 Å². The number of rotatable bonds is 10. The number of hydrogen-bond donors (Lipinski definition) is 1. The average molecular weight is 370 g/mol. The van der Waals surface area contributed by atoms with E-state index in [1.807, 2.05) is 43.3 Å². The Labute approximate surface area is 160 Å². The van der Waals surface area contributed by atoms with Crippen LogP contribution < -0.4 is 14.8 Å². The van der Waals surface area contributed by atoms with Gasteiger partial charge in [0.2, 0.25) is 0 Å². The summed E-state index contributed by atoms with van der Waals surface area (Å²) in [5, 5.41) is 6.68. The molecule has 2 aromatic rings. The molecule has 0 spiro atoms. The summed E-state index contributed by atoms with van der Waals surface area (Å²) in [6.45, 7) is 4.95. The van der Waals surface area contributed by atoms with Crippen molar-refractivity contribution in [2.45, 2.75) is 19.8 Å². The van der Waals surface area contributed by atoms with E-state index < -0.39 is 0 Å². The zero-order valence-corrected chi connectivity index (χ0v) is 16.0. The van der Waals surface area contributed by atoms with Crippen LogP contribution in [0.5, 0.6) is 11.5 Å². The van der Waals surface area contributed by atoms with Crippen molar-refractivity contribution in [1.29, 1.82) is 0 Å². The van der Waals surface area contributed by atoms with Gasteiger partial charge >= 0.3 is 0 Å². The number of benzene rings is 2. The average Bonchev–Trinajstić information content (AvgIpc) is 2.71. The molecule has 0 aliphatic rings. The van der Waals surface area contributed by atoms with E-state index in [2.05, 4.69) is 17.4 Å². The van der Waals surface area contributed by atoms with Crippen LogP contribution in [0, 0.1) is 0 Å². The van der Waals surface area contributed by atoms with Crippen LogP contribution in [0.3, 0.4) is 0 Å². The van der Waals surface area contributed by atoms with E-state index in [1.165, 1.54) is 11.8 Å². The zero-order chi connectivity index (χ0) is 19.5. The lowest BCUT2D eigenvalue weighted by atomic mass is 10.0. The monoisotopic (exact) mass is 370 g/mol. The second-order valence-electron chi connectivity index (χ2n) is 5.97. The third kappa shape index (κ3) is 6.66. The number of ether oxygens (including phenoxy) is 2. The molecular weight excluding hydrogens is 344 g/mol. The number of oxime groups is 1. The summed E-state index contributed by atoms with van der Waals surface area (Å²) in [5.41, 5.74) is 1.97. The molecule has 27 heavy (non-hydrogen) atoms. The summed E-state index contributed by atoms with van der Waals surface area (Å²) in [6.07, 6.45) is 1.53. The Hall–Kier alpha value is -3.02. The van der Waals surface area contributed by atoms with Crippen molar-refractivity contribution >= 4 is 12.1 Å². The lowest BCUT2D eigenvalue weighted by Crippen LogP contribution is -2.30. The second kappa shape index (κ2) is 10.9. The summed E-state index contributed by atoms with van der Waals surface area (Å²) < 4.78 is 10.7. The molecule has 1 N–H and O–H groups in total. The summed E-state index contributed by atoms with van der Waals surface area (Å²) in [4.78, 5) is 16.9. The lowest BCUT2D eigenvalue weighted by molar-refractivity contribution is -0.125. The minimum Gasteiger partial charge on any atom is -0.493 e. The summed E-state index contributed by atoms with van der Waals surface area (Å²) in [6, 6.07) is 15.5. The van der Waals surface area contributed by atoms with Gasteiger partial charge in [-0.15, -0.1) is 0 Å². The molecule has 2 aromatic carbocycles. The molecule has 144 valence electrons. The number of hydrogen-bond acceptors (Lipinski definition) is 5. The van der Waals surface area contributed by atoms with Gasteiger partial charge in [0.25, 0.3) is 5.91 Å². The minimum atomic E-state index is -0.209. The maximum atomic E-state index is 11.9. The first kappa shape index (κ1) is 20.3. The molecule has 1 atom stereocenters. The molecule has 0 aliphatic carbocycles. The first-order chi connectivity index (χ1) is 13.1. The van der Waals surface area contributed by atoms with E-state index in [4.69, 9.17) is 14.3 Å². The van der Waals surface area contributed by atoms with Crippen LogP contribution in [-0.4, -0.2) is 39.0 Å². The number of nitrogens with zero attached hydrogens (tertiary/aromatic N) is 1. The Bertz CT molecular complexity index is 747. The van der Waals surface area contributed by atoms with Crippen LogP contribution in [0.2, 0.25) is 0 Å². The number of carbonyl (C=O) groups excluding carboxylic acids is 1. The highest BCUT2D eigenvalue weighted by molar-refractivity contribution is 5.81. The Morgan fingerprint density at radius 3 is 2.67 bits per heavy atom. The molecule has 0 saturated carbocycles. The van der Waals surface area contributed by atoms with Gasteiger partial charge in [0, 0.05) is 12.1 Å². The van der Waals surface area contributed by atoms with Crippen molar-refractivity contribution in [3.63, 3.8) is 0 Å². The number of amides is 1. The normalized spacial score (nSPS) is 11.8. The largest absolute Gasteiger partial charge is 0.493 e. The molecular formula is C21H26N2O4. The Balaban J connectivity index is 1.76. The highest BCUT2D eigenvalue weighted by Gasteiger charge is 2.08. The van der Waals surface area contributed by atoms with Crippen molar-refractivity contribution < 1.29 is 19.1 Å². The topological polar surface area (TPSA) is 69.2 Å². The maximum absolute atomic E-state index is 11.9. The molecule has 6 nitrogen and oxygen atoms in total. The van der Waals surface area contributed by atoms with E-state index in [1.54, 1.807) is 19.2 Å². The predicted molar refractivity (Wildman–Crippen MR) is 106 cm³/mol. The summed E-state index contributed by atoms with van der Waals surface area (Å²) in [7, 11) is 1.58. The van der Waals surface area contributed by atoms with Crippen LogP contribution in [-0.2, 0) is 9.63 Å². The molecule has 2 rings (SSSR count). The molecule has 0 bridgehead atoms. The smallest absolute Gasteiger partial charge is 0.260 e. The highest BCUT2D eigenvalue weighted by atomic mass is 16.6. The molecule has 0 aliphatic heterocycles. The SMILES string of the molecule is CCOc1ccc(/C=N/OCC(=O)NCC(C)c2ccccc2)cc1OC. The minimum absolute atomic E-state index is 0.133. The van der Waals surface area contributed by atoms with Gasteiger partial charge in [-0.05, 0) is 36.6 Å². The van der Waals surface area contributed by atoms with E-state index in [0.29, 0.717) is 24.7 Å². The fourth-order valence-electron chi connectivity index (χ4n) is 2.45. The predicted octanol–water partition coefficient (Wildman–Crippen LogP) is 3.36. The quantitative estimate of drug-likeness (QED) is 0.514. The van der Waals surface area contributed by atoms with Crippen molar-refractivity contribution in [1.82, 2.24) is 5.32 Å². The standard InChI is InChI=1S/C21H26N2O4/c1-4-26-19-11-10-17(12-20(19)25-3)14-23-27-15-21(24)22-13-16(2)18-8-6-5-7-9-18/h5-12,14,16H,4,13,15H2,1-3H3,(H,22,24)/b23-14+. The van der Waals surface area contributed by atoms with Gasteiger partial charge in [0.15, 0.2) is 18.1 Å². The number of carbonyl (C=O) groups is 1. The van der Waals surface area contributed by atoms with Gasteiger partial charge in [0.1, 0.15) is 0 Å². The first-order valence-electron chi connectivity index (χ1n) is 8.91. The van der Waals surface area contributed by atoms with E-state index in [0.717, 1.165) is 5.56 Å². The third-order valence-corrected chi connectivity index (χ3v) is 3.93. The fraction of sp³-hybridized carbons (Fsp3) is 0.333. The van der Waals surface area contributed by atoms with Crippen LogP contribution >= 0.6 is 0 Å². The molecule has 0 saturated heterocycles. The van der Waals surface area contributed by atoms with Crippen LogP contribution in [0.25, 0.3) is 0 Å². The van der Waals surface area contributed by atoms with Gasteiger partial charge in [-0.1, -0.05) is 42.4 Å². The van der Waals surface area contributed by atoms with Gasteiger partial charge in [-0.25, -0.2) is 0 Å². The van der Waals surface area contributed by atoms with E-state index in [9.17, 15) is 4.79 Å². The van der Waals surface area contributed by atoms with Crippen LogP contribution in [0.1, 0.15) is 30.9 Å². The zero-order valence-electron chi connectivity index (χ0n) is 16.0. The van der Waals surface area contributed by atoms with Crippen molar-refractivity contribution in [2.24, 2.45) is 5.16 Å². The molecule has 0 heterocycles. The summed E-state index contributed by atoms with van der Waals surface area (Å²) >= 11 is 0. The second-order valence-corrected chi connectivity index (χ2v) is 5.97. The maximum Gasteiger partial charge on any atom is 0.260 e. The molecule has 0 aromatic heterocycles. The van der Waals surface area contributed by atoms with Gasteiger partial charge < -0.3 is 19.6 Å². The van der Waals surface area contributed by atoms with Crippen LogP contribution in [0.4, 0.5) is 0 Å². The third-order valence-electron chi connectivity index (χ3n) is 3.93. The van der Waals surface area contributed by atoms with E-state index in [-0.39, 0.29) is 18.4 Å². The Kier molecular flexibility index (Phi) is 8.16. The van der Waals surface area contributed by atoms with Gasteiger partial charge in [-0.3, -0.25) is 4.79 Å². The molecule has 0 radical (unpaired) electrons. The number of nitrogens with one attached hydrogen (secondary N) is 1. The fourth-order valence-corrected chi connectivity index (χ4v) is 2.45. The molecule has 1 amide bonds. The van der Waals surface area contributed by atoms with Crippen LogP contribution in [0.15, 0.2) is 53.7 Å². The lowest BCUT2D eigenvalue weighted by Gasteiger charge is -2.12. The highest BCUT2D eigenvalue weighted by Crippen LogP contribution is 2.27. The molecule has 6 heteroatoms. The molecule has 0 fully saturated rings. The van der Waals surface area contributed by atoms with Gasteiger partial charge in [0.05, 0.1) is 19.9 Å². The Morgan fingerprint density at radius 2 is 1.96 bits per heavy atom. The first-order valence-corrected chi connectivity index (χ1v) is 8.91. The van der Waals surface area contributed by atoms with Crippen molar-refractivity contribution in [2.75, 3.05) is 26.9 Å². The van der Waals surface area contributed by atoms with Crippen molar-refractivity contribution in [3.8, 4) is 11.5 Å². The van der Waals surface area contributed by atoms with Crippen molar-refractivity contribution in [3.05, 3.63) is 59.7 Å². The Morgan fingerprint density at radius 1 is 1.19 bits per heavy atom. The summed E-state index contributed by atoms with van der Waals surface area (Å²) in [5.74, 6) is 1.31. The van der Waals surface area contributed by atoms with E-state index >= 15 is 0 Å².